The molecule has 0 fully saturated rings. The van der Waals surface area contributed by atoms with Crippen LogP contribution in [0.15, 0.2) is 71.8 Å². The van der Waals surface area contributed by atoms with E-state index in [1.165, 1.54) is 5.56 Å². The average molecular weight is 494 g/mol. The van der Waals surface area contributed by atoms with Gasteiger partial charge < -0.3 is 4.74 Å². The maximum Gasteiger partial charge on any atom is 0.133 e. The van der Waals surface area contributed by atoms with Crippen LogP contribution in [0.3, 0.4) is 0 Å². The van der Waals surface area contributed by atoms with E-state index in [-0.39, 0.29) is 16.4 Å². The van der Waals surface area contributed by atoms with Gasteiger partial charge in [0.05, 0.1) is 12.9 Å². The van der Waals surface area contributed by atoms with Gasteiger partial charge in [0.2, 0.25) is 0 Å². The summed E-state index contributed by atoms with van der Waals surface area (Å²) >= 11 is 13.7. The summed E-state index contributed by atoms with van der Waals surface area (Å²) in [5.41, 5.74) is 1.23. The Bertz CT molecular complexity index is 823. The largest absolute Gasteiger partial charge is 0.501 e. The van der Waals surface area contributed by atoms with Crippen LogP contribution in [0, 0.1) is 5.92 Å². The van der Waals surface area contributed by atoms with Crippen molar-refractivity contribution in [3.63, 3.8) is 0 Å². The number of Topliss-reactive ketones (excluding diaryl/α,β-unsaturated/α-hetero) is 1. The molecule has 2 unspecified atom stereocenters. The van der Waals surface area contributed by atoms with Gasteiger partial charge in [-0.15, -0.1) is 23.4 Å². The third-order valence-electron chi connectivity index (χ3n) is 5.46. The summed E-state index contributed by atoms with van der Waals surface area (Å²) in [6.07, 6.45) is 8.62. The topological polar surface area (TPSA) is 26.3 Å². The van der Waals surface area contributed by atoms with Crippen LogP contribution >= 0.6 is 35.0 Å². The minimum atomic E-state index is -0.341. The van der Waals surface area contributed by atoms with E-state index in [0.29, 0.717) is 30.4 Å². The molecule has 0 radical (unpaired) electrons. The van der Waals surface area contributed by atoms with Gasteiger partial charge in [0, 0.05) is 33.4 Å². The first kappa shape index (κ1) is 26.8. The Morgan fingerprint density at radius 3 is 2.50 bits per heavy atom. The van der Waals surface area contributed by atoms with Crippen LogP contribution in [0.25, 0.3) is 0 Å². The number of ether oxygens (including phenoxy) is 1. The Hall–Kier alpha value is -1.42. The number of unbranched alkanes of at least 4 members (excludes halogenated alkanes) is 1. The third kappa shape index (κ3) is 9.60. The van der Waals surface area contributed by atoms with E-state index >= 15 is 0 Å². The highest BCUT2D eigenvalue weighted by Crippen LogP contribution is 2.43. The molecule has 0 aromatic heterocycles. The number of carbonyl (C=O) groups excluding carboxylic acids is 1. The molecule has 2 nitrogen and oxygen atoms in total. The summed E-state index contributed by atoms with van der Waals surface area (Å²) in [5, 5.41) is 0.714. The Kier molecular flexibility index (Phi) is 12.3. The van der Waals surface area contributed by atoms with Crippen molar-refractivity contribution >= 4 is 40.7 Å². The van der Waals surface area contributed by atoms with Crippen molar-refractivity contribution in [3.05, 3.63) is 77.5 Å². The number of rotatable bonds is 15. The van der Waals surface area contributed by atoms with Crippen LogP contribution < -0.4 is 0 Å². The van der Waals surface area contributed by atoms with Gasteiger partial charge in [-0.1, -0.05) is 55.3 Å². The Morgan fingerprint density at radius 1 is 1.12 bits per heavy atom. The molecule has 0 amide bonds. The molecule has 2 aromatic rings. The van der Waals surface area contributed by atoms with Crippen LogP contribution in [0.4, 0.5) is 0 Å². The molecule has 5 heteroatoms. The highest BCUT2D eigenvalue weighted by atomic mass is 35.5. The molecule has 2 atom stereocenters. The Balaban J connectivity index is 2.32. The summed E-state index contributed by atoms with van der Waals surface area (Å²) < 4.78 is 5.44. The van der Waals surface area contributed by atoms with Crippen molar-refractivity contribution in [2.75, 3.05) is 12.5 Å². The van der Waals surface area contributed by atoms with Crippen molar-refractivity contribution in [2.45, 2.75) is 62.0 Å². The molecule has 174 valence electrons. The van der Waals surface area contributed by atoms with Gasteiger partial charge in [-0.2, -0.15) is 0 Å². The predicted octanol–water partition coefficient (Wildman–Crippen LogP) is 8.36. The summed E-state index contributed by atoms with van der Waals surface area (Å²) in [4.78, 5) is 13.9. The quantitative estimate of drug-likeness (QED) is 0.108. The molecule has 0 saturated carbocycles. The number of carbonyl (C=O) groups is 1. The van der Waals surface area contributed by atoms with E-state index in [1.54, 1.807) is 11.8 Å². The smallest absolute Gasteiger partial charge is 0.133 e. The fourth-order valence-electron chi connectivity index (χ4n) is 3.51. The standard InChI is InChI=1S/C27H34Cl2O2S/c1-3-4-18-31-19-16-27(2,32-26-14-12-24(29)13-15-26)23(21-25(30)11-8-17-28)20-22-9-6-5-7-10-22/h5-7,9-10,12-16,19,23H,3-4,8,11,17-18,20-21H2,1-2H3. The zero-order valence-corrected chi connectivity index (χ0v) is 21.4. The summed E-state index contributed by atoms with van der Waals surface area (Å²) in [6, 6.07) is 18.3. The molecule has 0 aliphatic rings. The monoisotopic (exact) mass is 492 g/mol. The molecule has 0 bridgehead atoms. The van der Waals surface area contributed by atoms with Crippen molar-refractivity contribution in [1.29, 1.82) is 0 Å². The average Bonchev–Trinajstić information content (AvgIpc) is 2.79. The van der Waals surface area contributed by atoms with Crippen LogP contribution in [-0.2, 0) is 16.0 Å². The molecule has 0 spiro atoms. The van der Waals surface area contributed by atoms with Gasteiger partial charge in [0.25, 0.3) is 0 Å². The van der Waals surface area contributed by atoms with Crippen molar-refractivity contribution < 1.29 is 9.53 Å². The van der Waals surface area contributed by atoms with Crippen LogP contribution in [0.1, 0.15) is 51.5 Å². The van der Waals surface area contributed by atoms with Gasteiger partial charge in [0.1, 0.15) is 5.78 Å². The van der Waals surface area contributed by atoms with Gasteiger partial charge >= 0.3 is 0 Å². The van der Waals surface area contributed by atoms with Gasteiger partial charge in [-0.05, 0) is 68.0 Å². The minimum absolute atomic E-state index is 0.0967. The minimum Gasteiger partial charge on any atom is -0.501 e. The number of alkyl halides is 1. The number of ketones is 1. The molecular formula is C27H34Cl2O2S. The van der Waals surface area contributed by atoms with Crippen LogP contribution in [0.5, 0.6) is 0 Å². The van der Waals surface area contributed by atoms with Gasteiger partial charge in [0.15, 0.2) is 0 Å². The molecule has 2 aromatic carbocycles. The Labute approximate surface area is 207 Å². The molecule has 0 N–H and O–H groups in total. The number of benzene rings is 2. The first-order valence-corrected chi connectivity index (χ1v) is 13.0. The summed E-state index contributed by atoms with van der Waals surface area (Å²) in [7, 11) is 0. The second-order valence-electron chi connectivity index (χ2n) is 8.19. The van der Waals surface area contributed by atoms with E-state index in [9.17, 15) is 4.79 Å². The lowest BCUT2D eigenvalue weighted by molar-refractivity contribution is -0.120. The molecule has 0 heterocycles. The second kappa shape index (κ2) is 14.7. The first-order chi connectivity index (χ1) is 15.5. The Morgan fingerprint density at radius 2 is 1.84 bits per heavy atom. The van der Waals surface area contributed by atoms with Crippen LogP contribution in [0.2, 0.25) is 5.02 Å². The molecule has 0 aliphatic heterocycles. The lowest BCUT2D eigenvalue weighted by atomic mass is 9.82. The van der Waals surface area contributed by atoms with E-state index in [0.717, 1.165) is 30.6 Å². The lowest BCUT2D eigenvalue weighted by Crippen LogP contribution is -2.33. The molecular weight excluding hydrogens is 459 g/mol. The first-order valence-electron chi connectivity index (χ1n) is 11.3. The molecule has 2 rings (SSSR count). The van der Waals surface area contributed by atoms with E-state index in [1.807, 2.05) is 36.6 Å². The maximum atomic E-state index is 12.8. The predicted molar refractivity (Wildman–Crippen MR) is 139 cm³/mol. The van der Waals surface area contributed by atoms with Crippen molar-refractivity contribution in [1.82, 2.24) is 0 Å². The normalized spacial score (nSPS) is 14.2. The number of thioether (sulfide) groups is 1. The molecule has 0 saturated heterocycles. The lowest BCUT2D eigenvalue weighted by Gasteiger charge is -2.35. The number of halogens is 2. The van der Waals surface area contributed by atoms with Gasteiger partial charge in [-0.3, -0.25) is 4.79 Å². The highest BCUT2D eigenvalue weighted by Gasteiger charge is 2.35. The third-order valence-corrected chi connectivity index (χ3v) is 7.40. The fraction of sp³-hybridized carbons (Fsp3) is 0.444. The number of hydrogen-bond donors (Lipinski definition) is 0. The van der Waals surface area contributed by atoms with Crippen molar-refractivity contribution in [3.8, 4) is 0 Å². The van der Waals surface area contributed by atoms with E-state index in [4.69, 9.17) is 27.9 Å². The zero-order valence-electron chi connectivity index (χ0n) is 19.1. The summed E-state index contributed by atoms with van der Waals surface area (Å²) in [6.45, 7) is 5.05. The SMILES string of the molecule is CCCCOC=CC(C)(Sc1ccc(Cl)cc1)C(CC(=O)CCCCl)Cc1ccccc1. The van der Waals surface area contributed by atoms with E-state index in [2.05, 4.69) is 44.2 Å². The van der Waals surface area contributed by atoms with Gasteiger partial charge in [-0.25, -0.2) is 0 Å². The fourth-order valence-corrected chi connectivity index (χ4v) is 5.00. The summed E-state index contributed by atoms with van der Waals surface area (Å²) in [5.74, 6) is 0.867. The zero-order chi connectivity index (χ0) is 23.2. The maximum absolute atomic E-state index is 12.8. The number of hydrogen-bond acceptors (Lipinski definition) is 3. The molecule has 32 heavy (non-hydrogen) atoms. The second-order valence-corrected chi connectivity index (χ2v) is 10.6. The molecule has 0 aliphatic carbocycles. The highest BCUT2D eigenvalue weighted by molar-refractivity contribution is 8.00. The van der Waals surface area contributed by atoms with Crippen LogP contribution in [-0.4, -0.2) is 23.0 Å². The van der Waals surface area contributed by atoms with Crippen molar-refractivity contribution in [2.24, 2.45) is 5.92 Å². The van der Waals surface area contributed by atoms with E-state index < -0.39 is 0 Å².